The van der Waals surface area contributed by atoms with Crippen LogP contribution >= 0.6 is 0 Å². The molecule has 0 spiro atoms. The van der Waals surface area contributed by atoms with Crippen LogP contribution in [0.1, 0.15) is 48.4 Å². The molecule has 3 heteroatoms. The molecule has 0 atom stereocenters. The quantitative estimate of drug-likeness (QED) is 0.894. The number of nitrogens with two attached hydrogens (primary N) is 1. The van der Waals surface area contributed by atoms with Crippen molar-refractivity contribution in [3.8, 4) is 11.4 Å². The summed E-state index contributed by atoms with van der Waals surface area (Å²) in [6, 6.07) is 8.36. The van der Waals surface area contributed by atoms with Crippen molar-refractivity contribution in [2.75, 3.05) is 5.73 Å². The zero-order chi connectivity index (χ0) is 14.1. The summed E-state index contributed by atoms with van der Waals surface area (Å²) < 4.78 is 0. The van der Waals surface area contributed by atoms with Crippen molar-refractivity contribution in [3.63, 3.8) is 0 Å². The van der Waals surface area contributed by atoms with Crippen LogP contribution in [0.15, 0.2) is 24.3 Å². The van der Waals surface area contributed by atoms with Gasteiger partial charge in [0, 0.05) is 23.2 Å². The molecule has 0 saturated heterocycles. The van der Waals surface area contributed by atoms with Gasteiger partial charge in [-0.1, -0.05) is 30.0 Å². The van der Waals surface area contributed by atoms with Gasteiger partial charge in [0.1, 0.15) is 5.82 Å². The van der Waals surface area contributed by atoms with Crippen LogP contribution in [0, 0.1) is 13.8 Å². The Labute approximate surface area is 120 Å². The lowest BCUT2D eigenvalue weighted by molar-refractivity contribution is 0.696. The Hall–Kier alpha value is -1.90. The predicted octanol–water partition coefficient (Wildman–Crippen LogP) is 4.00. The molecule has 1 aromatic carbocycles. The standard InChI is InChI=1S/C17H21N3/c1-11-7-12(2)9-14(8-11)17-19-15(10-16(18)20-17)13-5-3-4-6-13/h7-10,13H,3-6H2,1-2H3,(H2,18,19,20). The first kappa shape index (κ1) is 13.1. The van der Waals surface area contributed by atoms with Crippen LogP contribution in [0.3, 0.4) is 0 Å². The van der Waals surface area contributed by atoms with Crippen LogP contribution in [0.25, 0.3) is 11.4 Å². The molecule has 3 nitrogen and oxygen atoms in total. The fourth-order valence-electron chi connectivity index (χ4n) is 3.15. The zero-order valence-electron chi connectivity index (χ0n) is 12.2. The van der Waals surface area contributed by atoms with Gasteiger partial charge in [0.05, 0.1) is 0 Å². The highest BCUT2D eigenvalue weighted by Gasteiger charge is 2.20. The number of anilines is 1. The van der Waals surface area contributed by atoms with Gasteiger partial charge in [-0.3, -0.25) is 0 Å². The average molecular weight is 267 g/mol. The summed E-state index contributed by atoms with van der Waals surface area (Å²) in [7, 11) is 0. The molecule has 1 fully saturated rings. The van der Waals surface area contributed by atoms with Crippen LogP contribution in [-0.4, -0.2) is 9.97 Å². The second kappa shape index (κ2) is 5.23. The van der Waals surface area contributed by atoms with Gasteiger partial charge in [-0.05, 0) is 38.8 Å². The zero-order valence-corrected chi connectivity index (χ0v) is 12.2. The fourth-order valence-corrected chi connectivity index (χ4v) is 3.15. The lowest BCUT2D eigenvalue weighted by Gasteiger charge is -2.11. The van der Waals surface area contributed by atoms with Gasteiger partial charge in [0.2, 0.25) is 0 Å². The minimum absolute atomic E-state index is 0.560. The molecule has 2 aromatic rings. The number of hydrogen-bond acceptors (Lipinski definition) is 3. The van der Waals surface area contributed by atoms with Gasteiger partial charge < -0.3 is 5.73 Å². The molecule has 1 aliphatic carbocycles. The van der Waals surface area contributed by atoms with E-state index in [2.05, 4.69) is 37.0 Å². The summed E-state index contributed by atoms with van der Waals surface area (Å²) >= 11 is 0. The number of nitrogens with zero attached hydrogens (tertiary/aromatic N) is 2. The molecular weight excluding hydrogens is 246 g/mol. The van der Waals surface area contributed by atoms with Crippen molar-refractivity contribution in [1.82, 2.24) is 9.97 Å². The van der Waals surface area contributed by atoms with Crippen molar-refractivity contribution >= 4 is 5.82 Å². The molecule has 0 amide bonds. The highest BCUT2D eigenvalue weighted by atomic mass is 14.9. The van der Waals surface area contributed by atoms with Gasteiger partial charge in [-0.15, -0.1) is 0 Å². The Bertz CT molecular complexity index is 608. The second-order valence-corrected chi connectivity index (χ2v) is 5.90. The van der Waals surface area contributed by atoms with Crippen LogP contribution in [0.2, 0.25) is 0 Å². The molecule has 20 heavy (non-hydrogen) atoms. The van der Waals surface area contributed by atoms with Crippen molar-refractivity contribution < 1.29 is 0 Å². The van der Waals surface area contributed by atoms with Crippen LogP contribution in [0.5, 0.6) is 0 Å². The highest BCUT2D eigenvalue weighted by molar-refractivity contribution is 5.59. The molecule has 104 valence electrons. The molecule has 3 rings (SSSR count). The summed E-state index contributed by atoms with van der Waals surface area (Å²) in [4.78, 5) is 9.20. The van der Waals surface area contributed by atoms with E-state index in [-0.39, 0.29) is 0 Å². The molecular formula is C17H21N3. The summed E-state index contributed by atoms with van der Waals surface area (Å²) in [6.07, 6.45) is 5.05. The van der Waals surface area contributed by atoms with Gasteiger partial charge in [-0.25, -0.2) is 9.97 Å². The van der Waals surface area contributed by atoms with E-state index >= 15 is 0 Å². The van der Waals surface area contributed by atoms with E-state index in [4.69, 9.17) is 10.7 Å². The largest absolute Gasteiger partial charge is 0.384 e. The van der Waals surface area contributed by atoms with Crippen LogP contribution in [-0.2, 0) is 0 Å². The Morgan fingerprint density at radius 2 is 1.60 bits per heavy atom. The summed E-state index contributed by atoms with van der Waals surface area (Å²) in [5.74, 6) is 1.90. The van der Waals surface area contributed by atoms with E-state index in [9.17, 15) is 0 Å². The smallest absolute Gasteiger partial charge is 0.161 e. The number of aryl methyl sites for hydroxylation is 2. The fraction of sp³-hybridized carbons (Fsp3) is 0.412. The van der Waals surface area contributed by atoms with Crippen molar-refractivity contribution in [3.05, 3.63) is 41.1 Å². The Morgan fingerprint density at radius 1 is 0.950 bits per heavy atom. The molecule has 2 N–H and O–H groups in total. The summed E-state index contributed by atoms with van der Waals surface area (Å²) in [5, 5.41) is 0. The number of nitrogen functional groups attached to an aromatic ring is 1. The molecule has 0 aliphatic heterocycles. The average Bonchev–Trinajstić information content (AvgIpc) is 2.90. The maximum absolute atomic E-state index is 5.99. The maximum Gasteiger partial charge on any atom is 0.161 e. The molecule has 1 heterocycles. The number of rotatable bonds is 2. The highest BCUT2D eigenvalue weighted by Crippen LogP contribution is 2.34. The number of aromatic nitrogens is 2. The number of benzene rings is 1. The van der Waals surface area contributed by atoms with Crippen molar-refractivity contribution in [2.24, 2.45) is 0 Å². The first-order chi connectivity index (χ1) is 9.61. The van der Waals surface area contributed by atoms with E-state index in [1.165, 1.54) is 36.8 Å². The Balaban J connectivity index is 2.04. The predicted molar refractivity (Wildman–Crippen MR) is 82.6 cm³/mol. The first-order valence-electron chi connectivity index (χ1n) is 7.35. The minimum Gasteiger partial charge on any atom is -0.384 e. The van der Waals surface area contributed by atoms with E-state index in [0.29, 0.717) is 11.7 Å². The normalized spacial score (nSPS) is 15.7. The minimum atomic E-state index is 0.560. The SMILES string of the molecule is Cc1cc(C)cc(-c2nc(N)cc(C3CCCC3)n2)c1. The molecule has 1 saturated carbocycles. The molecule has 0 bridgehead atoms. The van der Waals surface area contributed by atoms with Gasteiger partial charge in [0.15, 0.2) is 5.82 Å². The van der Waals surface area contributed by atoms with Crippen LogP contribution in [0.4, 0.5) is 5.82 Å². The van der Waals surface area contributed by atoms with Crippen LogP contribution < -0.4 is 5.73 Å². The summed E-state index contributed by atoms with van der Waals surface area (Å²) in [5.41, 5.74) is 10.6. The molecule has 0 radical (unpaired) electrons. The Morgan fingerprint density at radius 3 is 2.25 bits per heavy atom. The van der Waals surface area contributed by atoms with E-state index in [1.807, 2.05) is 6.07 Å². The third-order valence-electron chi connectivity index (χ3n) is 4.02. The van der Waals surface area contributed by atoms with E-state index in [0.717, 1.165) is 17.1 Å². The van der Waals surface area contributed by atoms with Crippen molar-refractivity contribution in [2.45, 2.75) is 45.4 Å². The third-order valence-corrected chi connectivity index (χ3v) is 4.02. The number of hydrogen-bond donors (Lipinski definition) is 1. The van der Waals surface area contributed by atoms with Gasteiger partial charge in [0.25, 0.3) is 0 Å². The first-order valence-corrected chi connectivity index (χ1v) is 7.35. The second-order valence-electron chi connectivity index (χ2n) is 5.90. The van der Waals surface area contributed by atoms with E-state index < -0.39 is 0 Å². The maximum atomic E-state index is 5.99. The topological polar surface area (TPSA) is 51.8 Å². The molecule has 1 aromatic heterocycles. The third kappa shape index (κ3) is 2.67. The van der Waals surface area contributed by atoms with Gasteiger partial charge in [-0.2, -0.15) is 0 Å². The van der Waals surface area contributed by atoms with Crippen molar-refractivity contribution in [1.29, 1.82) is 0 Å². The van der Waals surface area contributed by atoms with E-state index in [1.54, 1.807) is 0 Å². The van der Waals surface area contributed by atoms with Gasteiger partial charge >= 0.3 is 0 Å². The molecule has 1 aliphatic rings. The molecule has 0 unspecified atom stereocenters. The lowest BCUT2D eigenvalue weighted by atomic mass is 10.0. The Kier molecular flexibility index (Phi) is 3.43. The monoisotopic (exact) mass is 267 g/mol. The lowest BCUT2D eigenvalue weighted by Crippen LogP contribution is -2.03. The summed E-state index contributed by atoms with van der Waals surface area (Å²) in [6.45, 7) is 4.20.